The predicted octanol–water partition coefficient (Wildman–Crippen LogP) is 2.88. The number of hydrogen-bond donors (Lipinski definition) is 3. The minimum Gasteiger partial charge on any atom is -0.394 e. The van der Waals surface area contributed by atoms with Crippen LogP contribution in [0.3, 0.4) is 0 Å². The van der Waals surface area contributed by atoms with Crippen LogP contribution in [-0.2, 0) is 11.8 Å². The highest BCUT2D eigenvalue weighted by molar-refractivity contribution is 9.10. The third-order valence-corrected chi connectivity index (χ3v) is 6.36. The number of fused-ring (bicyclic) bond motifs is 3. The fourth-order valence-electron chi connectivity index (χ4n) is 3.86. The van der Waals surface area contributed by atoms with E-state index in [0.717, 1.165) is 0 Å². The summed E-state index contributed by atoms with van der Waals surface area (Å²) in [6, 6.07) is 8.82. The second-order valence-corrected chi connectivity index (χ2v) is 8.35. The van der Waals surface area contributed by atoms with Gasteiger partial charge >= 0.3 is 0 Å². The van der Waals surface area contributed by atoms with E-state index >= 15 is 0 Å². The minimum atomic E-state index is -0.528. The van der Waals surface area contributed by atoms with Gasteiger partial charge in [0.25, 0.3) is 17.7 Å². The second-order valence-electron chi connectivity index (χ2n) is 7.14. The molecule has 3 N–H and O–H groups in total. The Balaban J connectivity index is 1.87. The fourth-order valence-corrected chi connectivity index (χ4v) is 4.95. The van der Waals surface area contributed by atoms with Crippen LogP contribution >= 0.6 is 27.5 Å². The maximum Gasteiger partial charge on any atom is 0.269 e. The molecule has 166 valence electrons. The molecule has 3 amide bonds. The number of rotatable bonds is 7. The molecule has 0 aliphatic carbocycles. The van der Waals surface area contributed by atoms with Gasteiger partial charge in [0, 0.05) is 29.6 Å². The molecule has 3 aromatic rings. The van der Waals surface area contributed by atoms with Gasteiger partial charge < -0.3 is 19.7 Å². The molecule has 2 aromatic carbocycles. The van der Waals surface area contributed by atoms with Crippen LogP contribution in [0.25, 0.3) is 22.0 Å². The summed E-state index contributed by atoms with van der Waals surface area (Å²) >= 11 is 9.86. The van der Waals surface area contributed by atoms with Gasteiger partial charge in [-0.25, -0.2) is 0 Å². The summed E-state index contributed by atoms with van der Waals surface area (Å²) in [6.07, 6.45) is 0. The molecule has 10 heteroatoms. The largest absolute Gasteiger partial charge is 0.394 e. The molecule has 0 bridgehead atoms. The first-order valence-corrected chi connectivity index (χ1v) is 11.0. The topological polar surface area (TPSA) is 110 Å². The summed E-state index contributed by atoms with van der Waals surface area (Å²) < 4.78 is 7.24. The molecule has 32 heavy (non-hydrogen) atoms. The second kappa shape index (κ2) is 9.03. The van der Waals surface area contributed by atoms with Gasteiger partial charge in [0.05, 0.1) is 40.9 Å². The Kier molecular flexibility index (Phi) is 6.34. The normalized spacial score (nSPS) is 12.9. The third-order valence-electron chi connectivity index (χ3n) is 5.26. The molecular formula is C22H19BrClN3O5. The number of benzene rings is 2. The van der Waals surface area contributed by atoms with Gasteiger partial charge in [0.15, 0.2) is 0 Å². The molecule has 0 spiro atoms. The number of nitrogens with zero attached hydrogens (tertiary/aromatic N) is 1. The number of amides is 3. The zero-order valence-corrected chi connectivity index (χ0v) is 19.3. The monoisotopic (exact) mass is 519 g/mol. The molecule has 2 heterocycles. The van der Waals surface area contributed by atoms with Crippen LogP contribution in [0.4, 0.5) is 0 Å². The van der Waals surface area contributed by atoms with Gasteiger partial charge in [-0.3, -0.25) is 19.7 Å². The zero-order chi connectivity index (χ0) is 23.0. The number of nitrogens with one attached hydrogen (secondary N) is 2. The summed E-state index contributed by atoms with van der Waals surface area (Å²) in [5.74, 6) is -1.41. The number of carbonyl (C=O) groups is 3. The van der Waals surface area contributed by atoms with E-state index in [0.29, 0.717) is 37.2 Å². The number of carbonyl (C=O) groups excluding carboxylic acids is 3. The van der Waals surface area contributed by atoms with E-state index in [1.54, 1.807) is 41.9 Å². The van der Waals surface area contributed by atoms with E-state index in [4.69, 9.17) is 21.4 Å². The molecular weight excluding hydrogens is 502 g/mol. The van der Waals surface area contributed by atoms with Crippen molar-refractivity contribution in [2.24, 2.45) is 7.05 Å². The number of aryl methyl sites for hydroxylation is 1. The van der Waals surface area contributed by atoms with Crippen molar-refractivity contribution in [2.75, 3.05) is 26.4 Å². The Morgan fingerprint density at radius 2 is 1.91 bits per heavy atom. The Morgan fingerprint density at radius 3 is 2.62 bits per heavy atom. The van der Waals surface area contributed by atoms with Gasteiger partial charge in [0.1, 0.15) is 5.69 Å². The summed E-state index contributed by atoms with van der Waals surface area (Å²) in [4.78, 5) is 38.3. The van der Waals surface area contributed by atoms with Crippen LogP contribution in [0.15, 0.2) is 34.8 Å². The number of aliphatic hydroxyl groups excluding tert-OH is 1. The van der Waals surface area contributed by atoms with Crippen molar-refractivity contribution in [1.82, 2.24) is 15.2 Å². The fraction of sp³-hybridized carbons (Fsp3) is 0.227. The van der Waals surface area contributed by atoms with Crippen molar-refractivity contribution in [3.05, 3.63) is 56.6 Å². The van der Waals surface area contributed by atoms with Crippen LogP contribution in [0.1, 0.15) is 31.2 Å². The Hall–Kier alpha value is -2.72. The number of imide groups is 1. The van der Waals surface area contributed by atoms with Crippen molar-refractivity contribution in [3.8, 4) is 11.1 Å². The smallest absolute Gasteiger partial charge is 0.269 e. The van der Waals surface area contributed by atoms with Gasteiger partial charge in [-0.05, 0) is 33.6 Å². The minimum absolute atomic E-state index is 0.0949. The van der Waals surface area contributed by atoms with Crippen LogP contribution in [-0.4, -0.2) is 53.8 Å². The maximum atomic E-state index is 12.9. The highest BCUT2D eigenvalue weighted by atomic mass is 79.9. The van der Waals surface area contributed by atoms with Gasteiger partial charge in [-0.2, -0.15) is 0 Å². The third kappa shape index (κ3) is 3.71. The lowest BCUT2D eigenvalue weighted by atomic mass is 9.94. The lowest BCUT2D eigenvalue weighted by Gasteiger charge is -2.11. The Labute approximate surface area is 196 Å². The number of halogens is 2. The molecule has 0 saturated carbocycles. The molecule has 1 aliphatic rings. The van der Waals surface area contributed by atoms with Crippen LogP contribution in [0, 0.1) is 0 Å². The van der Waals surface area contributed by atoms with E-state index in [1.807, 2.05) is 0 Å². The summed E-state index contributed by atoms with van der Waals surface area (Å²) in [6.45, 7) is 0.585. The average molecular weight is 521 g/mol. The summed E-state index contributed by atoms with van der Waals surface area (Å²) in [5, 5.41) is 14.8. The van der Waals surface area contributed by atoms with Crippen LogP contribution in [0.5, 0.6) is 0 Å². The molecule has 8 nitrogen and oxygen atoms in total. The molecule has 1 aliphatic heterocycles. The Bertz CT molecular complexity index is 1270. The molecule has 4 rings (SSSR count). The van der Waals surface area contributed by atoms with E-state index in [2.05, 4.69) is 26.6 Å². The molecule has 0 atom stereocenters. The van der Waals surface area contributed by atoms with Crippen LogP contribution in [0.2, 0.25) is 5.02 Å². The van der Waals surface area contributed by atoms with E-state index in [1.165, 1.54) is 0 Å². The first-order chi connectivity index (χ1) is 15.4. The first kappa shape index (κ1) is 22.5. The van der Waals surface area contributed by atoms with Crippen LogP contribution < -0.4 is 10.6 Å². The highest BCUT2D eigenvalue weighted by Gasteiger charge is 2.36. The van der Waals surface area contributed by atoms with Gasteiger partial charge in [0.2, 0.25) is 0 Å². The first-order valence-electron chi connectivity index (χ1n) is 9.79. The summed E-state index contributed by atoms with van der Waals surface area (Å²) in [5.41, 5.74) is 2.45. The van der Waals surface area contributed by atoms with E-state index < -0.39 is 11.8 Å². The average Bonchev–Trinajstić information content (AvgIpc) is 3.20. The molecule has 0 unspecified atom stereocenters. The van der Waals surface area contributed by atoms with Crippen molar-refractivity contribution in [1.29, 1.82) is 0 Å². The molecule has 0 fully saturated rings. The summed E-state index contributed by atoms with van der Waals surface area (Å²) in [7, 11) is 1.71. The number of hydrogen-bond acceptors (Lipinski definition) is 5. The van der Waals surface area contributed by atoms with Crippen molar-refractivity contribution in [3.63, 3.8) is 0 Å². The quantitative estimate of drug-likeness (QED) is 0.328. The number of ether oxygens (including phenoxy) is 1. The van der Waals surface area contributed by atoms with E-state index in [-0.39, 0.29) is 43.4 Å². The van der Waals surface area contributed by atoms with Crippen molar-refractivity contribution >= 4 is 56.2 Å². The van der Waals surface area contributed by atoms with Gasteiger partial charge in [-0.1, -0.05) is 29.8 Å². The lowest BCUT2D eigenvalue weighted by Crippen LogP contribution is -2.29. The molecule has 1 aromatic heterocycles. The van der Waals surface area contributed by atoms with Crippen molar-refractivity contribution in [2.45, 2.75) is 0 Å². The number of aliphatic hydroxyl groups is 1. The number of aromatic nitrogens is 1. The predicted molar refractivity (Wildman–Crippen MR) is 123 cm³/mol. The highest BCUT2D eigenvalue weighted by Crippen LogP contribution is 2.42. The Morgan fingerprint density at radius 1 is 1.19 bits per heavy atom. The SMILES string of the molecule is Cn1c(C(=O)NCCOCCO)c(Br)c2c3c(c(-c4ccccc4Cl)cc21)C(=O)NC3=O. The maximum absolute atomic E-state index is 12.9. The molecule has 0 saturated heterocycles. The zero-order valence-electron chi connectivity index (χ0n) is 17.0. The van der Waals surface area contributed by atoms with Crippen molar-refractivity contribution < 1.29 is 24.2 Å². The van der Waals surface area contributed by atoms with E-state index in [9.17, 15) is 14.4 Å². The molecule has 0 radical (unpaired) electrons. The van der Waals surface area contributed by atoms with Gasteiger partial charge in [-0.15, -0.1) is 0 Å². The standard InChI is InChI=1S/C22H19BrClN3O5/c1-27-14-10-12(11-4-2-3-5-13(11)24)15-17(21(30)26-20(15)29)16(14)18(23)19(27)22(31)25-6-8-32-9-7-28/h2-5,10,28H,6-9H2,1H3,(H,25,31)(H,26,29,30). The lowest BCUT2D eigenvalue weighted by molar-refractivity contribution is 0.0831.